The molecular weight excluding hydrogens is 992 g/mol. The van der Waals surface area contributed by atoms with Gasteiger partial charge in [-0.05, 0) is 92.4 Å². The third kappa shape index (κ3) is 10.5. The van der Waals surface area contributed by atoms with Crippen molar-refractivity contribution in [3.63, 3.8) is 0 Å². The average molecular weight is 1060 g/mol. The number of hydrogen-bond acceptors (Lipinski definition) is 4. The van der Waals surface area contributed by atoms with E-state index < -0.39 is 10.8 Å². The van der Waals surface area contributed by atoms with Crippen LogP contribution in [0.1, 0.15) is 134 Å². The van der Waals surface area contributed by atoms with Crippen molar-refractivity contribution >= 4 is 12.4 Å². The van der Waals surface area contributed by atoms with Gasteiger partial charge in [-0.2, -0.15) is 0 Å². The molecule has 1 aliphatic rings. The quantitative estimate of drug-likeness (QED) is 0.0946. The second kappa shape index (κ2) is 22.6. The Morgan fingerprint density at radius 3 is 0.833 bits per heavy atom. The SMILES string of the molecule is CC(C)(C)c1cc(C(c2ccccc2)(c2ccccc2)c2ccccc2)cc(C=N[C@@H]2CCCC[C@H]2N=Cc2cc(C(c3ccccc3)(c3ccccc3)c3ccccc3)cc(C(C)(C)C)c2O)c1O.[Br-].[Co]. The smallest absolute Gasteiger partial charge is 0.128 e. The molecule has 0 aromatic heterocycles. The van der Waals surface area contributed by atoms with Crippen molar-refractivity contribution in [2.75, 3.05) is 0 Å². The summed E-state index contributed by atoms with van der Waals surface area (Å²) in [6.07, 6.45) is 7.62. The summed E-state index contributed by atoms with van der Waals surface area (Å²) in [4.78, 5) is 10.7. The van der Waals surface area contributed by atoms with Crippen molar-refractivity contribution < 1.29 is 44.0 Å². The van der Waals surface area contributed by atoms with Gasteiger partial charge in [0.1, 0.15) is 11.5 Å². The van der Waals surface area contributed by atoms with Gasteiger partial charge in [0.15, 0.2) is 0 Å². The molecule has 2 N–H and O–H groups in total. The first-order valence-electron chi connectivity index (χ1n) is 25.0. The topological polar surface area (TPSA) is 65.2 Å². The zero-order chi connectivity index (χ0) is 48.9. The summed E-state index contributed by atoms with van der Waals surface area (Å²) in [6.45, 7) is 13.0. The largest absolute Gasteiger partial charge is 1.00 e. The summed E-state index contributed by atoms with van der Waals surface area (Å²) in [7, 11) is 0. The second-order valence-corrected chi connectivity index (χ2v) is 21.1. The molecule has 0 aliphatic heterocycles. The summed E-state index contributed by atoms with van der Waals surface area (Å²) < 4.78 is 0. The molecule has 6 heteroatoms. The molecule has 369 valence electrons. The zero-order valence-corrected chi connectivity index (χ0v) is 44.9. The number of rotatable bonds is 12. The molecule has 1 fully saturated rings. The van der Waals surface area contributed by atoms with Crippen LogP contribution < -0.4 is 17.0 Å². The van der Waals surface area contributed by atoms with Crippen LogP contribution in [0.5, 0.6) is 11.5 Å². The molecule has 0 unspecified atom stereocenters. The minimum absolute atomic E-state index is 0. The predicted octanol–water partition coefficient (Wildman–Crippen LogP) is 12.3. The van der Waals surface area contributed by atoms with Crippen LogP contribution in [0.15, 0.2) is 216 Å². The molecule has 0 saturated heterocycles. The molecule has 0 bridgehead atoms. The van der Waals surface area contributed by atoms with Crippen molar-refractivity contribution in [3.05, 3.63) is 273 Å². The van der Waals surface area contributed by atoms with Crippen LogP contribution in [0.2, 0.25) is 0 Å². The van der Waals surface area contributed by atoms with Crippen molar-refractivity contribution in [2.45, 2.75) is 101 Å². The summed E-state index contributed by atoms with van der Waals surface area (Å²) in [5.74, 6) is 0.489. The number of hydrogen-bond donors (Lipinski definition) is 2. The van der Waals surface area contributed by atoms with Gasteiger partial charge >= 0.3 is 0 Å². The third-order valence-electron chi connectivity index (χ3n) is 14.5. The molecular formula is C66H66BrCoN2O2-. The molecule has 0 spiro atoms. The van der Waals surface area contributed by atoms with E-state index in [2.05, 4.69) is 248 Å². The van der Waals surface area contributed by atoms with E-state index in [4.69, 9.17) is 9.98 Å². The van der Waals surface area contributed by atoms with Gasteiger partial charge in [-0.1, -0.05) is 236 Å². The summed E-state index contributed by atoms with van der Waals surface area (Å²) in [5, 5.41) is 24.6. The van der Waals surface area contributed by atoms with Gasteiger partial charge in [-0.15, -0.1) is 0 Å². The Morgan fingerprint density at radius 2 is 0.611 bits per heavy atom. The monoisotopic (exact) mass is 1060 g/mol. The van der Waals surface area contributed by atoms with E-state index in [1.807, 2.05) is 12.4 Å². The maximum atomic E-state index is 12.3. The first-order valence-corrected chi connectivity index (χ1v) is 25.0. The Bertz CT molecular complexity index is 2670. The number of nitrogens with zero attached hydrogens (tertiary/aromatic N) is 2. The molecule has 4 nitrogen and oxygen atoms in total. The van der Waals surface area contributed by atoms with E-state index in [1.54, 1.807) is 0 Å². The van der Waals surface area contributed by atoms with E-state index in [1.165, 1.54) is 0 Å². The van der Waals surface area contributed by atoms with Crippen molar-refractivity contribution in [1.82, 2.24) is 0 Å². The van der Waals surface area contributed by atoms with Crippen molar-refractivity contribution in [1.29, 1.82) is 0 Å². The van der Waals surface area contributed by atoms with E-state index in [9.17, 15) is 10.2 Å². The summed E-state index contributed by atoms with van der Waals surface area (Å²) in [6, 6.07) is 72.8. The molecule has 1 saturated carbocycles. The van der Waals surface area contributed by atoms with Crippen LogP contribution in [0.4, 0.5) is 0 Å². The standard InChI is InChI=1S/C66H66N2O2.BrH.Co/c1-63(2,3)57-43-55(65(49-27-13-7-14-28-49,50-29-15-8-16-30-50)51-31-17-9-18-32-51)41-47(61(57)69)45-67-59-39-25-26-40-60(59)68-46-48-42-56(44-58(62(48)70)64(4,5)6)66(52-33-19-10-20-34-52,53-35-21-11-22-36-53)54-37-23-12-24-38-54;;/h7-24,27-38,41-46,59-60,69-70H,25-26,39-40H2,1-6H3;1H;/p-1/t59-,60-;;/m1../s1. The molecule has 1 aliphatic carbocycles. The van der Waals surface area contributed by atoms with Crippen LogP contribution in [0.25, 0.3) is 0 Å². The Labute approximate surface area is 449 Å². The van der Waals surface area contributed by atoms with Gasteiger partial charge in [0.2, 0.25) is 0 Å². The van der Waals surface area contributed by atoms with Crippen LogP contribution in [0.3, 0.4) is 0 Å². The van der Waals surface area contributed by atoms with E-state index >= 15 is 0 Å². The molecule has 1 radical (unpaired) electrons. The number of halogens is 1. The zero-order valence-electron chi connectivity index (χ0n) is 42.3. The third-order valence-corrected chi connectivity index (χ3v) is 14.5. The van der Waals surface area contributed by atoms with Crippen molar-refractivity contribution in [2.24, 2.45) is 9.98 Å². The van der Waals surface area contributed by atoms with E-state index in [-0.39, 0.29) is 68.2 Å². The van der Waals surface area contributed by atoms with Gasteiger partial charge in [-0.25, -0.2) is 0 Å². The Morgan fingerprint density at radius 1 is 0.375 bits per heavy atom. The first kappa shape index (κ1) is 53.5. The fourth-order valence-corrected chi connectivity index (χ4v) is 11.0. The van der Waals surface area contributed by atoms with Crippen molar-refractivity contribution in [3.8, 4) is 11.5 Å². The normalized spacial score (nSPS) is 15.5. The molecule has 8 aromatic carbocycles. The molecule has 0 amide bonds. The second-order valence-electron chi connectivity index (χ2n) is 21.1. The van der Waals surface area contributed by atoms with Crippen LogP contribution in [-0.4, -0.2) is 34.7 Å². The van der Waals surface area contributed by atoms with E-state index in [0.717, 1.165) is 81.3 Å². The number of phenolic OH excluding ortho intramolecular Hbond substituents is 2. The fourth-order valence-electron chi connectivity index (χ4n) is 11.0. The number of aromatic hydroxyl groups is 2. The maximum Gasteiger partial charge on any atom is 0.128 e. The Hall–Kier alpha value is -6.31. The number of aliphatic imine (C=N–C) groups is 2. The first-order chi connectivity index (χ1) is 33.8. The van der Waals surface area contributed by atoms with E-state index in [0.29, 0.717) is 11.1 Å². The molecule has 0 heterocycles. The van der Waals surface area contributed by atoms with Crippen LogP contribution in [0, 0.1) is 0 Å². The fraction of sp³-hybridized carbons (Fsp3) is 0.242. The summed E-state index contributed by atoms with van der Waals surface area (Å²) in [5.41, 5.74) is 9.88. The van der Waals surface area contributed by atoms with Gasteiger partial charge < -0.3 is 27.2 Å². The molecule has 9 rings (SSSR count). The van der Waals surface area contributed by atoms with Gasteiger partial charge in [-0.3, -0.25) is 9.98 Å². The van der Waals surface area contributed by atoms with Gasteiger partial charge in [0.25, 0.3) is 0 Å². The van der Waals surface area contributed by atoms with Gasteiger partial charge in [0.05, 0.1) is 22.9 Å². The minimum Gasteiger partial charge on any atom is -1.00 e. The predicted molar refractivity (Wildman–Crippen MR) is 291 cm³/mol. The Kier molecular flexibility index (Phi) is 16.8. The number of benzene rings is 8. The average Bonchev–Trinajstić information content (AvgIpc) is 3.38. The molecule has 72 heavy (non-hydrogen) atoms. The maximum absolute atomic E-state index is 12.3. The van der Waals surface area contributed by atoms with Crippen LogP contribution in [-0.2, 0) is 38.4 Å². The summed E-state index contributed by atoms with van der Waals surface area (Å²) >= 11 is 0. The minimum atomic E-state index is -0.695. The van der Waals surface area contributed by atoms with Gasteiger partial charge in [0, 0.05) is 51.5 Å². The Balaban J connectivity index is 0.00000380. The number of phenols is 2. The molecule has 8 aromatic rings. The van der Waals surface area contributed by atoms with Crippen LogP contribution >= 0.6 is 0 Å². The molecule has 2 atom stereocenters.